The molecule has 2 N–H and O–H groups in total. The maximum absolute atomic E-state index is 5.78. The van der Waals surface area contributed by atoms with Crippen molar-refractivity contribution < 1.29 is 4.84 Å². The van der Waals surface area contributed by atoms with Crippen molar-refractivity contribution in [3.05, 3.63) is 29.8 Å². The first-order valence-electron chi connectivity index (χ1n) is 5.27. The molecule has 0 saturated heterocycles. The highest BCUT2D eigenvalue weighted by molar-refractivity contribution is 5.97. The summed E-state index contributed by atoms with van der Waals surface area (Å²) in [5.74, 6) is 0.402. The molecule has 4 nitrogen and oxygen atoms in total. The van der Waals surface area contributed by atoms with Crippen molar-refractivity contribution >= 4 is 11.5 Å². The second-order valence-electron chi connectivity index (χ2n) is 4.07. The van der Waals surface area contributed by atoms with Crippen LogP contribution in [0.4, 0.5) is 5.69 Å². The average molecular weight is 221 g/mol. The number of nitrogens with zero attached hydrogens (tertiary/aromatic N) is 2. The predicted molar refractivity (Wildman–Crippen MR) is 67.7 cm³/mol. The Hall–Kier alpha value is -1.71. The number of anilines is 1. The zero-order valence-corrected chi connectivity index (χ0v) is 10.3. The van der Waals surface area contributed by atoms with E-state index in [-0.39, 0.29) is 6.10 Å². The Morgan fingerprint density at radius 1 is 1.25 bits per heavy atom. The Bertz CT molecular complexity index is 355. The van der Waals surface area contributed by atoms with Crippen molar-refractivity contribution in [3.8, 4) is 0 Å². The van der Waals surface area contributed by atoms with Crippen molar-refractivity contribution in [1.82, 2.24) is 0 Å². The van der Waals surface area contributed by atoms with Crippen LogP contribution in [-0.2, 0) is 4.84 Å². The number of rotatable bonds is 4. The Morgan fingerprint density at radius 3 is 2.25 bits per heavy atom. The van der Waals surface area contributed by atoms with E-state index in [2.05, 4.69) is 5.16 Å². The van der Waals surface area contributed by atoms with Gasteiger partial charge in [0.15, 0.2) is 5.84 Å². The Labute approximate surface area is 96.7 Å². The molecule has 0 unspecified atom stereocenters. The first kappa shape index (κ1) is 12.4. The molecule has 1 aromatic carbocycles. The lowest BCUT2D eigenvalue weighted by Gasteiger charge is -2.12. The van der Waals surface area contributed by atoms with Crippen LogP contribution in [0.1, 0.15) is 19.4 Å². The van der Waals surface area contributed by atoms with Gasteiger partial charge in [-0.1, -0.05) is 5.16 Å². The van der Waals surface area contributed by atoms with E-state index in [9.17, 15) is 0 Å². The van der Waals surface area contributed by atoms with E-state index in [4.69, 9.17) is 10.6 Å². The van der Waals surface area contributed by atoms with Gasteiger partial charge in [-0.25, -0.2) is 0 Å². The van der Waals surface area contributed by atoms with Gasteiger partial charge >= 0.3 is 0 Å². The van der Waals surface area contributed by atoms with E-state index in [0.717, 1.165) is 11.3 Å². The van der Waals surface area contributed by atoms with Crippen LogP contribution in [0, 0.1) is 0 Å². The van der Waals surface area contributed by atoms with Crippen LogP contribution in [0.2, 0.25) is 0 Å². The third-order valence-corrected chi connectivity index (χ3v) is 2.04. The normalized spacial score (nSPS) is 11.7. The zero-order chi connectivity index (χ0) is 12.1. The molecular weight excluding hydrogens is 202 g/mol. The fourth-order valence-corrected chi connectivity index (χ4v) is 1.15. The summed E-state index contributed by atoms with van der Waals surface area (Å²) in [7, 11) is 3.99. The number of hydrogen-bond acceptors (Lipinski definition) is 3. The highest BCUT2D eigenvalue weighted by Gasteiger charge is 2.01. The zero-order valence-electron chi connectivity index (χ0n) is 10.3. The van der Waals surface area contributed by atoms with Crippen LogP contribution in [0.3, 0.4) is 0 Å². The van der Waals surface area contributed by atoms with Crippen LogP contribution in [0.15, 0.2) is 29.4 Å². The molecule has 88 valence electrons. The lowest BCUT2D eigenvalue weighted by Crippen LogP contribution is -2.15. The number of benzene rings is 1. The third kappa shape index (κ3) is 3.46. The molecule has 0 amide bonds. The van der Waals surface area contributed by atoms with E-state index in [1.54, 1.807) is 0 Å². The molecular formula is C12H19N3O. The summed E-state index contributed by atoms with van der Waals surface area (Å²) in [5, 5.41) is 3.85. The summed E-state index contributed by atoms with van der Waals surface area (Å²) in [6.07, 6.45) is 0.0413. The Balaban J connectivity index is 2.77. The van der Waals surface area contributed by atoms with Gasteiger partial charge in [0.05, 0.1) is 0 Å². The van der Waals surface area contributed by atoms with Gasteiger partial charge in [0.2, 0.25) is 0 Å². The van der Waals surface area contributed by atoms with E-state index in [1.165, 1.54) is 0 Å². The van der Waals surface area contributed by atoms with E-state index >= 15 is 0 Å². The average Bonchev–Trinajstić information content (AvgIpc) is 2.26. The molecule has 1 rings (SSSR count). The van der Waals surface area contributed by atoms with E-state index in [1.807, 2.05) is 57.1 Å². The summed E-state index contributed by atoms with van der Waals surface area (Å²) in [6, 6.07) is 7.84. The summed E-state index contributed by atoms with van der Waals surface area (Å²) < 4.78 is 0. The summed E-state index contributed by atoms with van der Waals surface area (Å²) in [6.45, 7) is 3.82. The van der Waals surface area contributed by atoms with Gasteiger partial charge in [-0.2, -0.15) is 0 Å². The van der Waals surface area contributed by atoms with Crippen LogP contribution in [0.25, 0.3) is 0 Å². The number of oxime groups is 1. The van der Waals surface area contributed by atoms with Crippen LogP contribution in [0.5, 0.6) is 0 Å². The predicted octanol–water partition coefficient (Wildman–Crippen LogP) is 1.80. The molecule has 0 fully saturated rings. The molecule has 0 aliphatic heterocycles. The van der Waals surface area contributed by atoms with Crippen molar-refractivity contribution in [2.45, 2.75) is 20.0 Å². The first-order valence-corrected chi connectivity index (χ1v) is 5.27. The van der Waals surface area contributed by atoms with Crippen LogP contribution >= 0.6 is 0 Å². The first-order chi connectivity index (χ1) is 7.50. The minimum Gasteiger partial charge on any atom is -0.391 e. The van der Waals surface area contributed by atoms with Gasteiger partial charge in [-0.15, -0.1) is 0 Å². The van der Waals surface area contributed by atoms with Gasteiger partial charge in [0.25, 0.3) is 0 Å². The quantitative estimate of drug-likeness (QED) is 0.479. The van der Waals surface area contributed by atoms with Gasteiger partial charge in [0.1, 0.15) is 6.10 Å². The summed E-state index contributed by atoms with van der Waals surface area (Å²) >= 11 is 0. The van der Waals surface area contributed by atoms with Crippen LogP contribution in [-0.4, -0.2) is 26.0 Å². The topological polar surface area (TPSA) is 50.9 Å². The minimum atomic E-state index is 0.0413. The smallest absolute Gasteiger partial charge is 0.170 e. The molecule has 0 atom stereocenters. The number of hydrogen-bond donors (Lipinski definition) is 1. The standard InChI is InChI=1S/C12H19N3O/c1-9(2)16-14-12(13)10-5-7-11(8-6-10)15(3)4/h5-9H,1-4H3,(H2,13,14). The minimum absolute atomic E-state index is 0.0413. The Morgan fingerprint density at radius 2 is 1.81 bits per heavy atom. The van der Waals surface area contributed by atoms with E-state index in [0.29, 0.717) is 5.84 Å². The lowest BCUT2D eigenvalue weighted by molar-refractivity contribution is 0.0858. The second-order valence-corrected chi connectivity index (χ2v) is 4.07. The number of nitrogens with two attached hydrogens (primary N) is 1. The fourth-order valence-electron chi connectivity index (χ4n) is 1.15. The Kier molecular flexibility index (Phi) is 4.17. The maximum Gasteiger partial charge on any atom is 0.170 e. The van der Waals surface area contributed by atoms with Crippen LogP contribution < -0.4 is 10.6 Å². The molecule has 0 bridgehead atoms. The third-order valence-electron chi connectivity index (χ3n) is 2.04. The maximum atomic E-state index is 5.78. The van der Waals surface area contributed by atoms with Crippen molar-refractivity contribution in [3.63, 3.8) is 0 Å². The monoisotopic (exact) mass is 221 g/mol. The molecule has 1 aromatic rings. The molecule has 0 heterocycles. The van der Waals surface area contributed by atoms with Crippen molar-refractivity contribution in [1.29, 1.82) is 0 Å². The molecule has 0 saturated carbocycles. The van der Waals surface area contributed by atoms with Gasteiger partial charge < -0.3 is 15.5 Å². The van der Waals surface area contributed by atoms with Crippen molar-refractivity contribution in [2.24, 2.45) is 10.9 Å². The van der Waals surface area contributed by atoms with E-state index < -0.39 is 0 Å². The van der Waals surface area contributed by atoms with Gasteiger partial charge in [0, 0.05) is 25.3 Å². The molecule has 16 heavy (non-hydrogen) atoms. The molecule has 0 spiro atoms. The number of amidine groups is 1. The van der Waals surface area contributed by atoms with Gasteiger partial charge in [-0.3, -0.25) is 0 Å². The summed E-state index contributed by atoms with van der Waals surface area (Å²) in [4.78, 5) is 7.12. The molecule has 4 heteroatoms. The molecule has 0 aliphatic rings. The van der Waals surface area contributed by atoms with Gasteiger partial charge in [-0.05, 0) is 38.1 Å². The molecule has 0 radical (unpaired) electrons. The SMILES string of the molecule is CC(C)O/N=C(\N)c1ccc(N(C)C)cc1. The highest BCUT2D eigenvalue weighted by Crippen LogP contribution is 2.12. The largest absolute Gasteiger partial charge is 0.391 e. The molecule has 0 aromatic heterocycles. The highest BCUT2D eigenvalue weighted by atomic mass is 16.6. The fraction of sp³-hybridized carbons (Fsp3) is 0.417. The molecule has 0 aliphatic carbocycles. The second kappa shape index (κ2) is 5.39. The van der Waals surface area contributed by atoms with Crippen molar-refractivity contribution in [2.75, 3.05) is 19.0 Å². The lowest BCUT2D eigenvalue weighted by atomic mass is 10.2. The summed E-state index contributed by atoms with van der Waals surface area (Å²) in [5.41, 5.74) is 7.77.